The van der Waals surface area contributed by atoms with Crippen LogP contribution >= 0.6 is 0 Å². The Bertz CT molecular complexity index is 124. The second-order valence-electron chi connectivity index (χ2n) is 4.50. The summed E-state index contributed by atoms with van der Waals surface area (Å²) in [4.78, 5) is 0. The monoisotopic (exact) mass is 215 g/mol. The molecule has 15 heavy (non-hydrogen) atoms. The van der Waals surface area contributed by atoms with Crippen molar-refractivity contribution in [3.63, 3.8) is 0 Å². The van der Waals surface area contributed by atoms with Crippen LogP contribution in [0.2, 0.25) is 0 Å². The van der Waals surface area contributed by atoms with Gasteiger partial charge in [-0.2, -0.15) is 0 Å². The molecule has 1 aliphatic carbocycles. The van der Waals surface area contributed by atoms with Gasteiger partial charge in [0.1, 0.15) is 0 Å². The number of unbranched alkanes of at least 4 members (excludes halogenated alkanes) is 1. The van der Waals surface area contributed by atoms with E-state index in [1.54, 1.807) is 0 Å². The van der Waals surface area contributed by atoms with Crippen LogP contribution < -0.4 is 5.32 Å². The highest BCUT2D eigenvalue weighted by Crippen LogP contribution is 2.23. The van der Waals surface area contributed by atoms with E-state index in [2.05, 4.69) is 26.1 Å². The molecule has 2 heteroatoms. The molecule has 2 unspecified atom stereocenters. The smallest absolute Gasteiger partial charge is 0.0430 e. The minimum Gasteiger partial charge on any atom is -0.396 e. The molecule has 0 heterocycles. The summed E-state index contributed by atoms with van der Waals surface area (Å²) in [6.45, 7) is 8.09. The average molecular weight is 215 g/mol. The van der Waals surface area contributed by atoms with Crippen molar-refractivity contribution in [3.05, 3.63) is 0 Å². The van der Waals surface area contributed by atoms with Crippen molar-refractivity contribution in [2.24, 2.45) is 5.92 Å². The second kappa shape index (κ2) is 10.4. The zero-order chi connectivity index (χ0) is 11.5. The van der Waals surface area contributed by atoms with Gasteiger partial charge >= 0.3 is 0 Å². The summed E-state index contributed by atoms with van der Waals surface area (Å²) in [5.74, 6) is 0.911. The number of hydrogen-bond donors (Lipinski definition) is 2. The lowest BCUT2D eigenvalue weighted by atomic mass is 9.86. The lowest BCUT2D eigenvalue weighted by molar-refractivity contribution is 0.285. The van der Waals surface area contributed by atoms with Crippen LogP contribution in [0.3, 0.4) is 0 Å². The number of aliphatic hydroxyl groups excluding tert-OH is 1. The van der Waals surface area contributed by atoms with Crippen LogP contribution in [0.5, 0.6) is 0 Å². The fourth-order valence-electron chi connectivity index (χ4n) is 2.04. The lowest BCUT2D eigenvalue weighted by Gasteiger charge is -2.29. The zero-order valence-electron chi connectivity index (χ0n) is 10.8. The first-order chi connectivity index (χ1) is 7.26. The van der Waals surface area contributed by atoms with Crippen LogP contribution in [0.15, 0.2) is 0 Å². The van der Waals surface area contributed by atoms with Gasteiger partial charge in [-0.1, -0.05) is 40.0 Å². The van der Waals surface area contributed by atoms with E-state index in [0.29, 0.717) is 6.61 Å². The third-order valence-corrected chi connectivity index (χ3v) is 3.09. The molecule has 0 aliphatic heterocycles. The van der Waals surface area contributed by atoms with Crippen molar-refractivity contribution in [1.29, 1.82) is 0 Å². The summed E-state index contributed by atoms with van der Waals surface area (Å²) in [6, 6.07) is 0.818. The molecule has 0 aromatic rings. The van der Waals surface area contributed by atoms with Gasteiger partial charge in [0.25, 0.3) is 0 Å². The Morgan fingerprint density at radius 2 is 1.87 bits per heavy atom. The van der Waals surface area contributed by atoms with E-state index in [9.17, 15) is 0 Å². The van der Waals surface area contributed by atoms with Gasteiger partial charge in [0.2, 0.25) is 0 Å². The SMILES string of the molecule is CCCCO.CCNC1CCCCC1C. The van der Waals surface area contributed by atoms with Crippen molar-refractivity contribution >= 4 is 0 Å². The van der Waals surface area contributed by atoms with E-state index in [1.807, 2.05) is 0 Å². The molecule has 1 rings (SSSR count). The van der Waals surface area contributed by atoms with Crippen LogP contribution in [-0.4, -0.2) is 24.3 Å². The second-order valence-corrected chi connectivity index (χ2v) is 4.50. The first-order valence-corrected chi connectivity index (χ1v) is 6.60. The van der Waals surface area contributed by atoms with Crippen molar-refractivity contribution < 1.29 is 5.11 Å². The summed E-state index contributed by atoms with van der Waals surface area (Å²) in [7, 11) is 0. The number of hydrogen-bond acceptors (Lipinski definition) is 2. The molecule has 0 aromatic carbocycles. The lowest BCUT2D eigenvalue weighted by Crippen LogP contribution is -2.36. The van der Waals surface area contributed by atoms with Crippen molar-refractivity contribution in [3.8, 4) is 0 Å². The predicted octanol–water partition coefficient (Wildman–Crippen LogP) is 2.95. The van der Waals surface area contributed by atoms with E-state index >= 15 is 0 Å². The fourth-order valence-corrected chi connectivity index (χ4v) is 2.04. The number of nitrogens with one attached hydrogen (secondary N) is 1. The minimum absolute atomic E-state index is 0.344. The number of rotatable bonds is 4. The molecule has 1 fully saturated rings. The molecule has 2 nitrogen and oxygen atoms in total. The van der Waals surface area contributed by atoms with Crippen LogP contribution in [0.1, 0.15) is 59.3 Å². The molecule has 0 bridgehead atoms. The van der Waals surface area contributed by atoms with E-state index in [-0.39, 0.29) is 0 Å². The third-order valence-electron chi connectivity index (χ3n) is 3.09. The average Bonchev–Trinajstić information content (AvgIpc) is 2.24. The van der Waals surface area contributed by atoms with Gasteiger partial charge in [-0.05, 0) is 31.7 Å². The van der Waals surface area contributed by atoms with Crippen LogP contribution in [0.4, 0.5) is 0 Å². The Morgan fingerprint density at radius 1 is 1.20 bits per heavy atom. The number of aliphatic hydroxyl groups is 1. The van der Waals surface area contributed by atoms with E-state index in [1.165, 1.54) is 25.7 Å². The normalized spacial score (nSPS) is 25.6. The molecule has 2 N–H and O–H groups in total. The maximum atomic E-state index is 8.07. The molecule has 92 valence electrons. The van der Waals surface area contributed by atoms with Crippen LogP contribution in [0.25, 0.3) is 0 Å². The zero-order valence-corrected chi connectivity index (χ0v) is 10.8. The maximum absolute atomic E-state index is 8.07. The highest BCUT2D eigenvalue weighted by molar-refractivity contribution is 4.77. The van der Waals surface area contributed by atoms with Gasteiger partial charge in [0.05, 0.1) is 0 Å². The molecule has 0 spiro atoms. The Balaban J connectivity index is 0.000000336. The largest absolute Gasteiger partial charge is 0.396 e. The van der Waals surface area contributed by atoms with Gasteiger partial charge in [-0.15, -0.1) is 0 Å². The molecule has 1 saturated carbocycles. The van der Waals surface area contributed by atoms with Gasteiger partial charge < -0.3 is 10.4 Å². The van der Waals surface area contributed by atoms with Crippen molar-refractivity contribution in [2.45, 2.75) is 65.3 Å². The molecule has 2 atom stereocenters. The summed E-state index contributed by atoms with van der Waals surface area (Å²) in [6.07, 6.45) is 7.74. The topological polar surface area (TPSA) is 32.3 Å². The highest BCUT2D eigenvalue weighted by Gasteiger charge is 2.19. The predicted molar refractivity (Wildman–Crippen MR) is 67.1 cm³/mol. The van der Waals surface area contributed by atoms with Crippen LogP contribution in [-0.2, 0) is 0 Å². The van der Waals surface area contributed by atoms with Gasteiger partial charge in [0.15, 0.2) is 0 Å². The Morgan fingerprint density at radius 3 is 2.27 bits per heavy atom. The summed E-state index contributed by atoms with van der Waals surface area (Å²) >= 11 is 0. The fraction of sp³-hybridized carbons (Fsp3) is 1.00. The third kappa shape index (κ3) is 7.80. The summed E-state index contributed by atoms with van der Waals surface area (Å²) in [5.41, 5.74) is 0. The molecule has 0 saturated heterocycles. The molecule has 0 radical (unpaired) electrons. The molecule has 1 aliphatic rings. The maximum Gasteiger partial charge on any atom is 0.0430 e. The molecule has 0 amide bonds. The Kier molecular flexibility index (Phi) is 10.4. The van der Waals surface area contributed by atoms with E-state index in [0.717, 1.165) is 31.3 Å². The molecule has 0 aromatic heterocycles. The first-order valence-electron chi connectivity index (χ1n) is 6.60. The highest BCUT2D eigenvalue weighted by atomic mass is 16.2. The Hall–Kier alpha value is -0.0800. The van der Waals surface area contributed by atoms with Gasteiger partial charge in [0, 0.05) is 12.6 Å². The van der Waals surface area contributed by atoms with Crippen molar-refractivity contribution in [2.75, 3.05) is 13.2 Å². The van der Waals surface area contributed by atoms with E-state index < -0.39 is 0 Å². The van der Waals surface area contributed by atoms with Crippen molar-refractivity contribution in [1.82, 2.24) is 5.32 Å². The van der Waals surface area contributed by atoms with Gasteiger partial charge in [-0.25, -0.2) is 0 Å². The summed E-state index contributed by atoms with van der Waals surface area (Å²) < 4.78 is 0. The molecular weight excluding hydrogens is 186 g/mol. The van der Waals surface area contributed by atoms with Gasteiger partial charge in [-0.3, -0.25) is 0 Å². The molecular formula is C13H29NO. The quantitative estimate of drug-likeness (QED) is 0.755. The van der Waals surface area contributed by atoms with Crippen LogP contribution in [0, 0.1) is 5.92 Å². The standard InChI is InChI=1S/C9H19N.C4H10O/c1-3-10-9-7-5-4-6-8(9)2;1-2-3-4-5/h8-10H,3-7H2,1-2H3;5H,2-4H2,1H3. The summed E-state index contributed by atoms with van der Waals surface area (Å²) in [5, 5.41) is 11.6. The first kappa shape index (κ1) is 14.9. The Labute approximate surface area is 95.5 Å². The van der Waals surface area contributed by atoms with E-state index in [4.69, 9.17) is 5.11 Å². The minimum atomic E-state index is 0.344.